The SMILES string of the molecule is CN(C(=O)COC(=O)c1ccc2c(c1)CCN2S(C)(=O)=O)c1ccccc1. The van der Waals surface area contributed by atoms with Crippen molar-refractivity contribution >= 4 is 33.3 Å². The van der Waals surface area contributed by atoms with Crippen LogP contribution >= 0.6 is 0 Å². The highest BCUT2D eigenvalue weighted by atomic mass is 32.2. The van der Waals surface area contributed by atoms with Gasteiger partial charge in [0.05, 0.1) is 17.5 Å². The van der Waals surface area contributed by atoms with E-state index in [4.69, 9.17) is 4.74 Å². The zero-order chi connectivity index (χ0) is 19.6. The van der Waals surface area contributed by atoms with E-state index in [0.29, 0.717) is 29.9 Å². The lowest BCUT2D eigenvalue weighted by Crippen LogP contribution is -2.31. The van der Waals surface area contributed by atoms with Gasteiger partial charge in [0.25, 0.3) is 5.91 Å². The number of nitrogens with zero attached hydrogens (tertiary/aromatic N) is 2. The van der Waals surface area contributed by atoms with Gasteiger partial charge in [0.15, 0.2) is 6.61 Å². The highest BCUT2D eigenvalue weighted by Gasteiger charge is 2.27. The first-order valence-electron chi connectivity index (χ1n) is 8.37. The van der Waals surface area contributed by atoms with E-state index in [9.17, 15) is 18.0 Å². The number of rotatable bonds is 5. The number of para-hydroxylation sites is 1. The van der Waals surface area contributed by atoms with Gasteiger partial charge < -0.3 is 9.64 Å². The van der Waals surface area contributed by atoms with Gasteiger partial charge in [0, 0.05) is 19.3 Å². The number of sulfonamides is 1. The maximum Gasteiger partial charge on any atom is 0.338 e. The molecule has 0 unspecified atom stereocenters. The summed E-state index contributed by atoms with van der Waals surface area (Å²) < 4.78 is 30.0. The molecule has 2 aromatic carbocycles. The molecule has 0 radical (unpaired) electrons. The standard InChI is InChI=1S/C19H20N2O5S/c1-20(16-6-4-3-5-7-16)18(22)13-26-19(23)15-8-9-17-14(12-15)10-11-21(17)27(2,24)25/h3-9,12H,10-11,13H2,1-2H3. The molecular formula is C19H20N2O5S. The second-order valence-corrected chi connectivity index (χ2v) is 8.20. The van der Waals surface area contributed by atoms with Crippen LogP contribution in [-0.2, 0) is 26.0 Å². The number of hydrogen-bond acceptors (Lipinski definition) is 5. The van der Waals surface area contributed by atoms with Gasteiger partial charge in [-0.05, 0) is 42.3 Å². The Morgan fingerprint density at radius 2 is 1.85 bits per heavy atom. The second kappa shape index (κ2) is 7.40. The first-order valence-corrected chi connectivity index (χ1v) is 10.2. The van der Waals surface area contributed by atoms with Gasteiger partial charge in [0.1, 0.15) is 0 Å². The van der Waals surface area contributed by atoms with Crippen molar-refractivity contribution in [1.29, 1.82) is 0 Å². The molecule has 1 amide bonds. The lowest BCUT2D eigenvalue weighted by Gasteiger charge is -2.17. The molecule has 0 atom stereocenters. The van der Waals surface area contributed by atoms with Crippen LogP contribution < -0.4 is 9.21 Å². The van der Waals surface area contributed by atoms with Gasteiger partial charge in [-0.2, -0.15) is 0 Å². The summed E-state index contributed by atoms with van der Waals surface area (Å²) in [6, 6.07) is 13.8. The molecule has 0 saturated heterocycles. The predicted molar refractivity (Wildman–Crippen MR) is 102 cm³/mol. The minimum absolute atomic E-state index is 0.291. The van der Waals surface area contributed by atoms with E-state index >= 15 is 0 Å². The highest BCUT2D eigenvalue weighted by Crippen LogP contribution is 2.30. The van der Waals surface area contributed by atoms with E-state index in [1.807, 2.05) is 18.2 Å². The van der Waals surface area contributed by atoms with E-state index in [-0.39, 0.29) is 12.5 Å². The zero-order valence-corrected chi connectivity index (χ0v) is 15.9. The number of fused-ring (bicyclic) bond motifs is 1. The second-order valence-electron chi connectivity index (χ2n) is 6.29. The van der Waals surface area contributed by atoms with Crippen molar-refractivity contribution in [3.05, 3.63) is 59.7 Å². The molecule has 1 aliphatic heterocycles. The monoisotopic (exact) mass is 388 g/mol. The number of benzene rings is 2. The molecule has 1 heterocycles. The summed E-state index contributed by atoms with van der Waals surface area (Å²) in [5.41, 5.74) is 2.34. The Morgan fingerprint density at radius 3 is 2.52 bits per heavy atom. The van der Waals surface area contributed by atoms with Crippen molar-refractivity contribution in [2.24, 2.45) is 0 Å². The molecule has 0 saturated carbocycles. The third kappa shape index (κ3) is 4.11. The van der Waals surface area contributed by atoms with Gasteiger partial charge in [-0.15, -0.1) is 0 Å². The Morgan fingerprint density at radius 1 is 1.15 bits per heavy atom. The van der Waals surface area contributed by atoms with Gasteiger partial charge in [-0.1, -0.05) is 18.2 Å². The molecule has 1 aliphatic rings. The maximum atomic E-state index is 12.3. The number of likely N-dealkylation sites (N-methyl/N-ethyl adjacent to an activating group) is 1. The van der Waals surface area contributed by atoms with Crippen LogP contribution in [0.5, 0.6) is 0 Å². The van der Waals surface area contributed by atoms with Crippen molar-refractivity contribution in [1.82, 2.24) is 0 Å². The third-order valence-corrected chi connectivity index (χ3v) is 5.59. The average molecular weight is 388 g/mol. The van der Waals surface area contributed by atoms with Crippen LogP contribution in [0, 0.1) is 0 Å². The van der Waals surface area contributed by atoms with Crippen LogP contribution in [0.2, 0.25) is 0 Å². The van der Waals surface area contributed by atoms with Crippen molar-refractivity contribution in [2.75, 3.05) is 35.7 Å². The molecule has 2 aromatic rings. The predicted octanol–water partition coefficient (Wildman–Crippen LogP) is 1.83. The van der Waals surface area contributed by atoms with Crippen LogP contribution in [-0.4, -0.2) is 46.7 Å². The van der Waals surface area contributed by atoms with Gasteiger partial charge in [-0.3, -0.25) is 9.10 Å². The Kier molecular flexibility index (Phi) is 5.18. The number of hydrogen-bond donors (Lipinski definition) is 0. The van der Waals surface area contributed by atoms with E-state index in [0.717, 1.165) is 11.8 Å². The minimum atomic E-state index is -3.34. The Balaban J connectivity index is 1.65. The number of amides is 1. The number of ether oxygens (including phenoxy) is 1. The first-order chi connectivity index (χ1) is 12.8. The van der Waals surface area contributed by atoms with E-state index < -0.39 is 16.0 Å². The van der Waals surface area contributed by atoms with Crippen LogP contribution in [0.4, 0.5) is 11.4 Å². The molecular weight excluding hydrogens is 368 g/mol. The summed E-state index contributed by atoms with van der Waals surface area (Å²) >= 11 is 0. The molecule has 7 nitrogen and oxygen atoms in total. The summed E-state index contributed by atoms with van der Waals surface area (Å²) in [7, 11) is -1.73. The molecule has 0 aromatic heterocycles. The third-order valence-electron chi connectivity index (χ3n) is 4.41. The number of anilines is 2. The van der Waals surface area contributed by atoms with Crippen LogP contribution in [0.3, 0.4) is 0 Å². The molecule has 0 aliphatic carbocycles. The van der Waals surface area contributed by atoms with E-state index in [2.05, 4.69) is 0 Å². The molecule has 0 N–H and O–H groups in total. The Bertz CT molecular complexity index is 973. The summed E-state index contributed by atoms with van der Waals surface area (Å²) in [4.78, 5) is 25.9. The van der Waals surface area contributed by atoms with Crippen molar-refractivity contribution in [3.63, 3.8) is 0 Å². The summed E-state index contributed by atoms with van der Waals surface area (Å²) in [6.45, 7) is -0.0240. The topological polar surface area (TPSA) is 84.0 Å². The molecule has 8 heteroatoms. The van der Waals surface area contributed by atoms with Crippen molar-refractivity contribution in [3.8, 4) is 0 Å². The molecule has 0 bridgehead atoms. The molecule has 27 heavy (non-hydrogen) atoms. The molecule has 3 rings (SSSR count). The van der Waals surface area contributed by atoms with Crippen LogP contribution in [0.25, 0.3) is 0 Å². The van der Waals surface area contributed by atoms with E-state index in [1.165, 1.54) is 15.3 Å². The number of carbonyl (C=O) groups is 2. The summed E-state index contributed by atoms with van der Waals surface area (Å²) in [5, 5.41) is 0. The summed E-state index contributed by atoms with van der Waals surface area (Å²) in [5.74, 6) is -0.968. The Labute approximate surface area is 158 Å². The fourth-order valence-electron chi connectivity index (χ4n) is 2.95. The molecule has 0 spiro atoms. The van der Waals surface area contributed by atoms with Crippen LogP contribution in [0.1, 0.15) is 15.9 Å². The molecule has 0 fully saturated rings. The smallest absolute Gasteiger partial charge is 0.338 e. The zero-order valence-electron chi connectivity index (χ0n) is 15.1. The lowest BCUT2D eigenvalue weighted by molar-refractivity contribution is -0.121. The first kappa shape index (κ1) is 18.9. The average Bonchev–Trinajstić information content (AvgIpc) is 3.09. The quantitative estimate of drug-likeness (QED) is 0.730. The largest absolute Gasteiger partial charge is 0.452 e. The van der Waals surface area contributed by atoms with Gasteiger partial charge >= 0.3 is 5.97 Å². The van der Waals surface area contributed by atoms with Crippen LogP contribution in [0.15, 0.2) is 48.5 Å². The van der Waals surface area contributed by atoms with Gasteiger partial charge in [-0.25, -0.2) is 13.2 Å². The maximum absolute atomic E-state index is 12.3. The number of esters is 1. The summed E-state index contributed by atoms with van der Waals surface area (Å²) in [6.07, 6.45) is 1.68. The normalized spacial score (nSPS) is 13.2. The Hall–Kier alpha value is -2.87. The lowest BCUT2D eigenvalue weighted by atomic mass is 10.1. The molecule has 142 valence electrons. The highest BCUT2D eigenvalue weighted by molar-refractivity contribution is 7.92. The van der Waals surface area contributed by atoms with Crippen molar-refractivity contribution in [2.45, 2.75) is 6.42 Å². The minimum Gasteiger partial charge on any atom is -0.452 e. The van der Waals surface area contributed by atoms with E-state index in [1.54, 1.807) is 31.3 Å². The fourth-order valence-corrected chi connectivity index (χ4v) is 3.90. The van der Waals surface area contributed by atoms with Gasteiger partial charge in [0.2, 0.25) is 10.0 Å². The fraction of sp³-hybridized carbons (Fsp3) is 0.263. The van der Waals surface area contributed by atoms with Crippen molar-refractivity contribution < 1.29 is 22.7 Å². The number of carbonyl (C=O) groups excluding carboxylic acids is 2.